The number of carbonyl (C=O) groups is 3. The Hall–Kier alpha value is -2.57. The van der Waals surface area contributed by atoms with Crippen LogP contribution in [0.1, 0.15) is 31.1 Å². The van der Waals surface area contributed by atoms with Crippen LogP contribution in [0.5, 0.6) is 5.75 Å². The molecule has 0 aliphatic heterocycles. The summed E-state index contributed by atoms with van der Waals surface area (Å²) in [7, 11) is 3.18. The number of esters is 1. The second-order valence-corrected chi connectivity index (χ2v) is 5.32. The van der Waals surface area contributed by atoms with Crippen molar-refractivity contribution in [2.24, 2.45) is 5.92 Å². The molecule has 126 valence electrons. The van der Waals surface area contributed by atoms with Crippen LogP contribution in [0, 0.1) is 5.92 Å². The van der Waals surface area contributed by atoms with E-state index in [9.17, 15) is 14.4 Å². The van der Waals surface area contributed by atoms with Gasteiger partial charge in [-0.15, -0.1) is 0 Å². The lowest BCUT2D eigenvalue weighted by Crippen LogP contribution is -2.27. The summed E-state index contributed by atoms with van der Waals surface area (Å²) in [6.45, 7) is 4.73. The first kappa shape index (κ1) is 18.5. The zero-order valence-corrected chi connectivity index (χ0v) is 13.9. The zero-order valence-electron chi connectivity index (χ0n) is 13.9. The van der Waals surface area contributed by atoms with E-state index in [1.807, 2.05) is 0 Å². The highest BCUT2D eigenvalue weighted by Crippen LogP contribution is 2.20. The average molecular weight is 323 g/mol. The van der Waals surface area contributed by atoms with Crippen LogP contribution in [-0.4, -0.2) is 43.3 Å². The highest BCUT2D eigenvalue weighted by atomic mass is 16.8. The van der Waals surface area contributed by atoms with Gasteiger partial charge < -0.3 is 19.1 Å². The molecule has 1 rings (SSSR count). The maximum atomic E-state index is 12.0. The maximum absolute atomic E-state index is 12.0. The molecule has 7 heteroatoms. The molecule has 0 aromatic heterocycles. The topological polar surface area (TPSA) is 82.1 Å². The molecule has 1 aromatic carbocycles. The summed E-state index contributed by atoms with van der Waals surface area (Å²) < 4.78 is 14.8. The van der Waals surface area contributed by atoms with Crippen LogP contribution < -0.4 is 4.74 Å². The molecule has 1 aromatic rings. The summed E-state index contributed by atoms with van der Waals surface area (Å²) in [4.78, 5) is 36.5. The number of rotatable bonds is 5. The minimum atomic E-state index is -1.09. The van der Waals surface area contributed by atoms with E-state index in [4.69, 9.17) is 14.2 Å². The Morgan fingerprint density at radius 1 is 1.00 bits per heavy atom. The summed E-state index contributed by atoms with van der Waals surface area (Å²) in [6.07, 6.45) is -2.15. The normalized spacial score (nSPS) is 11.6. The summed E-state index contributed by atoms with van der Waals surface area (Å²) in [5.74, 6) is -1.07. The second kappa shape index (κ2) is 8.17. The van der Waals surface area contributed by atoms with Gasteiger partial charge in [-0.25, -0.2) is 4.79 Å². The molecule has 1 amide bonds. The fourth-order valence-corrected chi connectivity index (χ4v) is 1.55. The molecular weight excluding hydrogens is 302 g/mol. The third-order valence-corrected chi connectivity index (χ3v) is 2.73. The monoisotopic (exact) mass is 323 g/mol. The van der Waals surface area contributed by atoms with Gasteiger partial charge in [-0.2, -0.15) is 0 Å². The summed E-state index contributed by atoms with van der Waals surface area (Å²) in [5, 5.41) is 0. The smallest absolute Gasteiger partial charge is 0.425 e. The molecule has 0 saturated heterocycles. The predicted molar refractivity (Wildman–Crippen MR) is 82.0 cm³/mol. The zero-order chi connectivity index (χ0) is 17.6. The van der Waals surface area contributed by atoms with E-state index in [0.29, 0.717) is 0 Å². The number of para-hydroxylation sites is 1. The Labute approximate surface area is 135 Å². The van der Waals surface area contributed by atoms with Crippen LogP contribution in [0.15, 0.2) is 24.3 Å². The first-order chi connectivity index (χ1) is 10.7. The highest BCUT2D eigenvalue weighted by Gasteiger charge is 2.20. The van der Waals surface area contributed by atoms with Crippen molar-refractivity contribution in [1.82, 2.24) is 4.90 Å². The Morgan fingerprint density at radius 2 is 1.61 bits per heavy atom. The number of hydrogen-bond donors (Lipinski definition) is 0. The van der Waals surface area contributed by atoms with Gasteiger partial charge in [0.1, 0.15) is 5.75 Å². The first-order valence-electron chi connectivity index (χ1n) is 7.12. The van der Waals surface area contributed by atoms with Gasteiger partial charge in [0.2, 0.25) is 6.29 Å². The van der Waals surface area contributed by atoms with Crippen LogP contribution >= 0.6 is 0 Å². The molecule has 0 radical (unpaired) electrons. The SMILES string of the molecule is CC(OC(=O)Oc1ccccc1C(=O)N(C)C)OC(=O)C(C)C. The van der Waals surface area contributed by atoms with E-state index in [1.165, 1.54) is 24.0 Å². The van der Waals surface area contributed by atoms with Gasteiger partial charge in [-0.1, -0.05) is 26.0 Å². The number of nitrogens with zero attached hydrogens (tertiary/aromatic N) is 1. The summed E-state index contributed by atoms with van der Waals surface area (Å²) in [5.41, 5.74) is 0.223. The fourth-order valence-electron chi connectivity index (χ4n) is 1.55. The summed E-state index contributed by atoms with van der Waals surface area (Å²) in [6, 6.07) is 6.29. The molecule has 0 heterocycles. The summed E-state index contributed by atoms with van der Waals surface area (Å²) >= 11 is 0. The van der Waals surface area contributed by atoms with Crippen LogP contribution in [0.3, 0.4) is 0 Å². The fraction of sp³-hybridized carbons (Fsp3) is 0.438. The first-order valence-corrected chi connectivity index (χ1v) is 7.12. The molecule has 7 nitrogen and oxygen atoms in total. The van der Waals surface area contributed by atoms with E-state index in [0.717, 1.165) is 0 Å². The molecule has 0 aliphatic carbocycles. The Bertz CT molecular complexity index is 582. The van der Waals surface area contributed by atoms with E-state index < -0.39 is 18.4 Å². The molecule has 23 heavy (non-hydrogen) atoms. The molecular formula is C16H21NO6. The number of benzene rings is 1. The lowest BCUT2D eigenvalue weighted by atomic mass is 10.2. The Balaban J connectivity index is 2.71. The molecule has 0 aliphatic rings. The second-order valence-electron chi connectivity index (χ2n) is 5.32. The Morgan fingerprint density at radius 3 is 2.17 bits per heavy atom. The molecule has 1 unspecified atom stereocenters. The minimum absolute atomic E-state index is 0.0681. The predicted octanol–water partition coefficient (Wildman–Crippen LogP) is 2.45. The van der Waals surface area contributed by atoms with Crippen LogP contribution in [-0.2, 0) is 14.3 Å². The van der Waals surface area contributed by atoms with Crippen molar-refractivity contribution in [3.63, 3.8) is 0 Å². The van der Waals surface area contributed by atoms with Crippen LogP contribution in [0.2, 0.25) is 0 Å². The van der Waals surface area contributed by atoms with Gasteiger partial charge in [0, 0.05) is 21.0 Å². The van der Waals surface area contributed by atoms with Crippen molar-refractivity contribution in [3.8, 4) is 5.75 Å². The van der Waals surface area contributed by atoms with Crippen molar-refractivity contribution in [3.05, 3.63) is 29.8 Å². The van der Waals surface area contributed by atoms with Gasteiger partial charge in [-0.3, -0.25) is 9.59 Å². The lowest BCUT2D eigenvalue weighted by Gasteiger charge is -2.16. The van der Waals surface area contributed by atoms with E-state index >= 15 is 0 Å². The molecule has 0 saturated carbocycles. The van der Waals surface area contributed by atoms with Crippen molar-refractivity contribution in [2.45, 2.75) is 27.1 Å². The molecule has 1 atom stereocenters. The number of ether oxygens (including phenoxy) is 3. The lowest BCUT2D eigenvalue weighted by molar-refractivity contribution is -0.170. The maximum Gasteiger partial charge on any atom is 0.516 e. The highest BCUT2D eigenvalue weighted by molar-refractivity contribution is 5.97. The van der Waals surface area contributed by atoms with Crippen molar-refractivity contribution < 1.29 is 28.6 Å². The van der Waals surface area contributed by atoms with E-state index in [-0.39, 0.29) is 23.1 Å². The Kier molecular flexibility index (Phi) is 6.56. The van der Waals surface area contributed by atoms with Crippen LogP contribution in [0.4, 0.5) is 4.79 Å². The van der Waals surface area contributed by atoms with Crippen LogP contribution in [0.25, 0.3) is 0 Å². The molecule has 0 bridgehead atoms. The van der Waals surface area contributed by atoms with Gasteiger partial charge in [0.05, 0.1) is 11.5 Å². The quantitative estimate of drug-likeness (QED) is 0.470. The van der Waals surface area contributed by atoms with Gasteiger partial charge in [0.15, 0.2) is 0 Å². The molecule has 0 N–H and O–H groups in total. The van der Waals surface area contributed by atoms with Gasteiger partial charge in [-0.05, 0) is 12.1 Å². The number of carbonyl (C=O) groups excluding carboxylic acids is 3. The number of hydrogen-bond acceptors (Lipinski definition) is 6. The van der Waals surface area contributed by atoms with Crippen molar-refractivity contribution in [1.29, 1.82) is 0 Å². The van der Waals surface area contributed by atoms with E-state index in [1.54, 1.807) is 40.1 Å². The standard InChI is InChI=1S/C16H21NO6/c1-10(2)15(19)21-11(3)22-16(20)23-13-9-7-6-8-12(13)14(18)17(4)5/h6-11H,1-5H3. The van der Waals surface area contributed by atoms with Gasteiger partial charge >= 0.3 is 12.1 Å². The number of amides is 1. The molecule has 0 spiro atoms. The third-order valence-electron chi connectivity index (χ3n) is 2.73. The largest absolute Gasteiger partial charge is 0.516 e. The van der Waals surface area contributed by atoms with E-state index in [2.05, 4.69) is 0 Å². The van der Waals surface area contributed by atoms with Crippen molar-refractivity contribution >= 4 is 18.0 Å². The third kappa shape index (κ3) is 5.61. The van der Waals surface area contributed by atoms with Crippen molar-refractivity contribution in [2.75, 3.05) is 14.1 Å². The minimum Gasteiger partial charge on any atom is -0.425 e. The van der Waals surface area contributed by atoms with Gasteiger partial charge in [0.25, 0.3) is 5.91 Å². The average Bonchev–Trinajstić information content (AvgIpc) is 2.46. The molecule has 0 fully saturated rings.